The lowest BCUT2D eigenvalue weighted by Gasteiger charge is -2.36. The van der Waals surface area contributed by atoms with Crippen molar-refractivity contribution in [1.82, 2.24) is 15.1 Å². The molecule has 0 aromatic heterocycles. The second-order valence-electron chi connectivity index (χ2n) is 8.08. The van der Waals surface area contributed by atoms with E-state index in [1.807, 2.05) is 9.80 Å². The predicted molar refractivity (Wildman–Crippen MR) is 128 cm³/mol. The number of rotatable bonds is 4. The lowest BCUT2D eigenvalue weighted by Crippen LogP contribution is -2.49. The first-order valence-corrected chi connectivity index (χ1v) is 10.8. The predicted octanol–water partition coefficient (Wildman–Crippen LogP) is 4.06. The Labute approximate surface area is 204 Å². The van der Waals surface area contributed by atoms with E-state index in [2.05, 4.69) is 17.2 Å². The number of carbonyl (C=O) groups excluding carboxylic acids is 1. The fourth-order valence-corrected chi connectivity index (χ4v) is 4.18. The summed E-state index contributed by atoms with van der Waals surface area (Å²) in [7, 11) is 1.66. The average molecular weight is 568 g/mol. The molecule has 0 bridgehead atoms. The maximum Gasteiger partial charge on any atom is 0.416 e. The topological polar surface area (TPSA) is 57.2 Å². The lowest BCUT2D eigenvalue weighted by atomic mass is 10.0. The largest absolute Gasteiger partial charge is 0.416 e. The maximum absolute atomic E-state index is 13.0. The van der Waals surface area contributed by atoms with Crippen LogP contribution in [0.5, 0.6) is 0 Å². The van der Waals surface area contributed by atoms with E-state index < -0.39 is 17.8 Å². The molecule has 2 aliphatic heterocycles. The zero-order valence-corrected chi connectivity index (χ0v) is 20.9. The zero-order valence-electron chi connectivity index (χ0n) is 18.5. The number of guanidine groups is 1. The Morgan fingerprint density at radius 1 is 1.28 bits per heavy atom. The van der Waals surface area contributed by atoms with Gasteiger partial charge >= 0.3 is 6.18 Å². The molecule has 1 N–H and O–H groups in total. The highest BCUT2D eigenvalue weighted by Crippen LogP contribution is 2.32. The smallest absolute Gasteiger partial charge is 0.370 e. The van der Waals surface area contributed by atoms with Gasteiger partial charge in [0.25, 0.3) is 0 Å². The van der Waals surface area contributed by atoms with Gasteiger partial charge in [-0.25, -0.2) is 0 Å². The van der Waals surface area contributed by atoms with E-state index >= 15 is 0 Å². The van der Waals surface area contributed by atoms with Crippen LogP contribution < -0.4 is 5.32 Å². The van der Waals surface area contributed by atoms with Gasteiger partial charge in [0.05, 0.1) is 18.7 Å². The van der Waals surface area contributed by atoms with Crippen molar-refractivity contribution in [3.8, 4) is 0 Å². The number of hydrogen-bond donors (Lipinski definition) is 1. The third-order valence-electron chi connectivity index (χ3n) is 5.91. The molecule has 1 amide bonds. The number of benzene rings is 1. The molecule has 32 heavy (non-hydrogen) atoms. The van der Waals surface area contributed by atoms with Gasteiger partial charge in [-0.3, -0.25) is 9.79 Å². The number of likely N-dealkylation sites (tertiary alicyclic amines) is 1. The van der Waals surface area contributed by atoms with Crippen molar-refractivity contribution in [3.63, 3.8) is 0 Å². The van der Waals surface area contributed by atoms with E-state index in [9.17, 15) is 18.0 Å². The van der Waals surface area contributed by atoms with Gasteiger partial charge in [-0.05, 0) is 43.9 Å². The Morgan fingerprint density at radius 3 is 2.75 bits per heavy atom. The van der Waals surface area contributed by atoms with Crippen molar-refractivity contribution in [2.45, 2.75) is 50.9 Å². The molecule has 0 spiro atoms. The highest BCUT2D eigenvalue weighted by molar-refractivity contribution is 14.0. The molecule has 180 valence electrons. The molecule has 2 atom stereocenters. The van der Waals surface area contributed by atoms with Crippen LogP contribution in [0.15, 0.2) is 29.3 Å². The number of morpholine rings is 1. The molecule has 10 heteroatoms. The van der Waals surface area contributed by atoms with Crippen LogP contribution in [0.3, 0.4) is 0 Å². The molecular formula is C22H32F3IN4O2. The third kappa shape index (κ3) is 6.97. The summed E-state index contributed by atoms with van der Waals surface area (Å²) in [5, 5.41) is 3.22. The highest BCUT2D eigenvalue weighted by Gasteiger charge is 2.32. The van der Waals surface area contributed by atoms with Crippen LogP contribution >= 0.6 is 24.0 Å². The number of hydrogen-bond acceptors (Lipinski definition) is 3. The summed E-state index contributed by atoms with van der Waals surface area (Å²) in [5.74, 6) is 0.763. The standard InChI is InChI=1S/C22H31F3N4O2.HI/c1-16-6-3-4-11-29(16)20(30)9-10-27-21(26-2)28-12-13-31-19(15-28)17-7-5-8-18(14-17)22(23,24)25;/h5,7-8,14,16,19H,3-4,6,9-13,15H2,1-2H3,(H,26,27);1H. The molecule has 0 aliphatic carbocycles. The molecule has 1 aromatic rings. The van der Waals surface area contributed by atoms with Crippen LogP contribution in [0.1, 0.15) is 49.8 Å². The molecule has 2 fully saturated rings. The number of ether oxygens (including phenoxy) is 1. The summed E-state index contributed by atoms with van der Waals surface area (Å²) >= 11 is 0. The molecule has 2 unspecified atom stereocenters. The fraction of sp³-hybridized carbons (Fsp3) is 0.636. The molecule has 6 nitrogen and oxygen atoms in total. The maximum atomic E-state index is 13.0. The summed E-state index contributed by atoms with van der Waals surface area (Å²) in [5.41, 5.74) is -0.192. The summed E-state index contributed by atoms with van der Waals surface area (Å²) in [6.45, 7) is 4.71. The first kappa shape index (κ1) is 26.7. The molecule has 2 aliphatic rings. The Hall–Kier alpha value is -1.56. The van der Waals surface area contributed by atoms with Gasteiger partial charge in [0.15, 0.2) is 5.96 Å². The van der Waals surface area contributed by atoms with E-state index in [1.54, 1.807) is 13.1 Å². The normalized spacial score (nSPS) is 22.3. The monoisotopic (exact) mass is 568 g/mol. The zero-order chi connectivity index (χ0) is 22.4. The van der Waals surface area contributed by atoms with Gasteiger partial charge in [-0.15, -0.1) is 24.0 Å². The lowest BCUT2D eigenvalue weighted by molar-refractivity contribution is -0.138. The van der Waals surface area contributed by atoms with Gasteiger partial charge in [-0.2, -0.15) is 13.2 Å². The van der Waals surface area contributed by atoms with E-state index in [4.69, 9.17) is 4.74 Å². The van der Waals surface area contributed by atoms with Crippen LogP contribution in [0.4, 0.5) is 13.2 Å². The highest BCUT2D eigenvalue weighted by atomic mass is 127. The Balaban J connectivity index is 0.00000363. The fourth-order valence-electron chi connectivity index (χ4n) is 4.18. The number of piperidine rings is 1. The number of nitrogens with one attached hydrogen (secondary N) is 1. The summed E-state index contributed by atoms with van der Waals surface area (Å²) < 4.78 is 44.9. The molecule has 1 aromatic carbocycles. The van der Waals surface area contributed by atoms with E-state index in [1.165, 1.54) is 12.5 Å². The van der Waals surface area contributed by atoms with E-state index in [0.717, 1.165) is 31.5 Å². The van der Waals surface area contributed by atoms with E-state index in [0.29, 0.717) is 44.2 Å². The first-order chi connectivity index (χ1) is 14.8. The van der Waals surface area contributed by atoms with Crippen molar-refractivity contribution in [1.29, 1.82) is 0 Å². The first-order valence-electron chi connectivity index (χ1n) is 10.8. The minimum absolute atomic E-state index is 0. The number of nitrogens with zero attached hydrogens (tertiary/aromatic N) is 3. The van der Waals surface area contributed by atoms with Gasteiger partial charge in [0.1, 0.15) is 6.10 Å². The Bertz CT molecular complexity index is 791. The summed E-state index contributed by atoms with van der Waals surface area (Å²) in [6, 6.07) is 5.54. The SMILES string of the molecule is CN=C(NCCC(=O)N1CCCCC1C)N1CCOC(c2cccc(C(F)(F)F)c2)C1.I. The molecule has 0 radical (unpaired) electrons. The van der Waals surface area contributed by atoms with Crippen molar-refractivity contribution in [3.05, 3.63) is 35.4 Å². The molecular weight excluding hydrogens is 536 g/mol. The van der Waals surface area contributed by atoms with Gasteiger partial charge in [0, 0.05) is 39.1 Å². The second kappa shape index (κ2) is 12.1. The van der Waals surface area contributed by atoms with Crippen molar-refractivity contribution < 1.29 is 22.7 Å². The molecule has 2 heterocycles. The Kier molecular flexibility index (Phi) is 10.1. The number of carbonyl (C=O) groups is 1. The van der Waals surface area contributed by atoms with Crippen LogP contribution in [-0.2, 0) is 15.7 Å². The second-order valence-corrected chi connectivity index (χ2v) is 8.08. The molecule has 2 saturated heterocycles. The number of alkyl halides is 3. The van der Waals surface area contributed by atoms with Crippen molar-refractivity contribution in [2.75, 3.05) is 39.8 Å². The van der Waals surface area contributed by atoms with Gasteiger partial charge in [0.2, 0.25) is 5.91 Å². The molecule has 3 rings (SSSR count). The van der Waals surface area contributed by atoms with Crippen molar-refractivity contribution >= 4 is 35.8 Å². The van der Waals surface area contributed by atoms with Crippen LogP contribution in [0.2, 0.25) is 0 Å². The summed E-state index contributed by atoms with van der Waals surface area (Å²) in [6.07, 6.45) is -1.22. The minimum Gasteiger partial charge on any atom is -0.370 e. The number of halogens is 4. The number of amides is 1. The summed E-state index contributed by atoms with van der Waals surface area (Å²) in [4.78, 5) is 20.7. The van der Waals surface area contributed by atoms with Crippen LogP contribution in [0, 0.1) is 0 Å². The van der Waals surface area contributed by atoms with Crippen molar-refractivity contribution in [2.24, 2.45) is 4.99 Å². The third-order valence-corrected chi connectivity index (χ3v) is 5.91. The van der Waals surface area contributed by atoms with Crippen LogP contribution in [0.25, 0.3) is 0 Å². The van der Waals surface area contributed by atoms with Gasteiger partial charge in [-0.1, -0.05) is 12.1 Å². The minimum atomic E-state index is -4.39. The quantitative estimate of drug-likeness (QED) is 0.338. The number of aliphatic imine (C=N–C) groups is 1. The average Bonchev–Trinajstić information content (AvgIpc) is 2.76. The van der Waals surface area contributed by atoms with E-state index in [-0.39, 0.29) is 35.9 Å². The molecule has 0 saturated carbocycles. The Morgan fingerprint density at radius 2 is 2.06 bits per heavy atom. The van der Waals surface area contributed by atoms with Crippen LogP contribution in [-0.4, -0.2) is 67.5 Å². The van der Waals surface area contributed by atoms with Gasteiger partial charge < -0.3 is 19.9 Å².